The number of amides is 1. The minimum absolute atomic E-state index is 0.0110. The van der Waals surface area contributed by atoms with Gasteiger partial charge in [0.25, 0.3) is 17.9 Å². The summed E-state index contributed by atoms with van der Waals surface area (Å²) in [4.78, 5) is 25.4. The van der Waals surface area contributed by atoms with Gasteiger partial charge in [-0.05, 0) is 36.4 Å². The molecule has 180 valence electrons. The molecular weight excluding hydrogens is 475 g/mol. The molecule has 13 heteroatoms. The number of aromatic nitrogens is 2. The molecule has 2 atom stereocenters. The van der Waals surface area contributed by atoms with Gasteiger partial charge >= 0.3 is 6.18 Å². The molecule has 2 N–H and O–H groups in total. The number of nitrogens with one attached hydrogen (secondary N) is 1. The molecule has 1 aromatic heterocycles. The van der Waals surface area contributed by atoms with Crippen molar-refractivity contribution in [2.75, 3.05) is 0 Å². The second-order valence-corrected chi connectivity index (χ2v) is 6.92. The van der Waals surface area contributed by atoms with Gasteiger partial charge in [-0.3, -0.25) is 9.59 Å². The predicted octanol–water partition coefficient (Wildman–Crippen LogP) is 3.71. The van der Waals surface area contributed by atoms with E-state index in [2.05, 4.69) is 5.10 Å². The number of carbonyl (C=O) groups is 1. The minimum atomic E-state index is -4.64. The number of hydrogen-bond acceptors (Lipinski definition) is 4. The molecule has 34 heavy (non-hydrogen) atoms. The molecule has 3 rings (SSSR count). The average Bonchev–Trinajstić information content (AvgIpc) is 2.76. The van der Waals surface area contributed by atoms with Crippen molar-refractivity contribution in [1.82, 2.24) is 15.1 Å². The Labute approximate surface area is 186 Å². The van der Waals surface area contributed by atoms with E-state index in [0.29, 0.717) is 16.8 Å². The normalized spacial score (nSPS) is 13.6. The fraction of sp³-hybridized carbons (Fsp3) is 0.190. The Balaban J connectivity index is 2.16. The molecular formula is C21H14F7N3O3. The van der Waals surface area contributed by atoms with Crippen molar-refractivity contribution in [3.63, 3.8) is 0 Å². The summed E-state index contributed by atoms with van der Waals surface area (Å²) in [6, 6.07) is 5.85. The highest BCUT2D eigenvalue weighted by atomic mass is 19.4. The molecule has 0 saturated carbocycles. The van der Waals surface area contributed by atoms with Crippen molar-refractivity contribution in [3.8, 4) is 16.9 Å². The standard InChI is InChI=1S/C21H14F7N3O3/c22-12-2-1-3-13(8-12)31-20(34)14(19(33)29-16(17(23)24)18(25)32)9-15(30-31)10-4-6-11(7-5-10)21(26,27)28/h1-9,16-18,32H,(H,29,33). The first-order valence-corrected chi connectivity index (χ1v) is 9.37. The molecule has 0 aliphatic carbocycles. The van der Waals surface area contributed by atoms with Crippen LogP contribution in [0.25, 0.3) is 16.9 Å². The molecule has 2 unspecified atom stereocenters. The molecule has 1 heterocycles. The number of carbonyl (C=O) groups excluding carboxylic acids is 1. The van der Waals surface area contributed by atoms with Crippen molar-refractivity contribution in [3.05, 3.63) is 81.9 Å². The lowest BCUT2D eigenvalue weighted by Crippen LogP contribution is -2.48. The summed E-state index contributed by atoms with van der Waals surface area (Å²) >= 11 is 0. The molecule has 1 amide bonds. The molecule has 0 aliphatic heterocycles. The first-order valence-electron chi connectivity index (χ1n) is 9.37. The minimum Gasteiger partial charge on any atom is -0.362 e. The monoisotopic (exact) mass is 489 g/mol. The SMILES string of the molecule is O=C(NC(C(O)F)C(F)F)c1cc(-c2ccc(C(F)(F)F)cc2)nn(-c2cccc(F)c2)c1=O. The van der Waals surface area contributed by atoms with E-state index in [1.807, 2.05) is 0 Å². The number of halogens is 7. The Morgan fingerprint density at radius 2 is 1.68 bits per heavy atom. The van der Waals surface area contributed by atoms with Crippen LogP contribution in [0.15, 0.2) is 59.4 Å². The fourth-order valence-corrected chi connectivity index (χ4v) is 2.89. The summed E-state index contributed by atoms with van der Waals surface area (Å²) < 4.78 is 91.8. The van der Waals surface area contributed by atoms with Crippen LogP contribution in [0.1, 0.15) is 15.9 Å². The van der Waals surface area contributed by atoms with E-state index in [0.717, 1.165) is 30.3 Å². The molecule has 0 saturated heterocycles. The highest BCUT2D eigenvalue weighted by Gasteiger charge is 2.32. The van der Waals surface area contributed by atoms with Crippen LogP contribution in [0.2, 0.25) is 0 Å². The Morgan fingerprint density at radius 3 is 2.21 bits per heavy atom. The van der Waals surface area contributed by atoms with Crippen LogP contribution in [-0.2, 0) is 6.18 Å². The smallest absolute Gasteiger partial charge is 0.362 e. The summed E-state index contributed by atoms with van der Waals surface area (Å²) in [5.74, 6) is -2.32. The Morgan fingerprint density at radius 1 is 1.03 bits per heavy atom. The van der Waals surface area contributed by atoms with Crippen molar-refractivity contribution in [2.24, 2.45) is 0 Å². The zero-order valence-electron chi connectivity index (χ0n) is 16.7. The van der Waals surface area contributed by atoms with Gasteiger partial charge in [-0.2, -0.15) is 23.0 Å². The van der Waals surface area contributed by atoms with Crippen LogP contribution in [0, 0.1) is 5.82 Å². The van der Waals surface area contributed by atoms with Gasteiger partial charge < -0.3 is 10.4 Å². The van der Waals surface area contributed by atoms with Crippen molar-refractivity contribution in [1.29, 1.82) is 0 Å². The molecule has 0 spiro atoms. The average molecular weight is 489 g/mol. The zero-order chi connectivity index (χ0) is 25.2. The number of rotatable bonds is 6. The Kier molecular flexibility index (Phi) is 7.05. The van der Waals surface area contributed by atoms with E-state index in [1.54, 1.807) is 0 Å². The highest BCUT2D eigenvalue weighted by Crippen LogP contribution is 2.30. The summed E-state index contributed by atoms with van der Waals surface area (Å²) in [6.45, 7) is 0. The van der Waals surface area contributed by atoms with Crippen LogP contribution in [0.3, 0.4) is 0 Å². The van der Waals surface area contributed by atoms with Crippen LogP contribution < -0.4 is 10.9 Å². The van der Waals surface area contributed by atoms with E-state index < -0.39 is 53.4 Å². The van der Waals surface area contributed by atoms with Gasteiger partial charge in [-0.15, -0.1) is 0 Å². The second kappa shape index (κ2) is 9.63. The van der Waals surface area contributed by atoms with Gasteiger partial charge in [-0.1, -0.05) is 18.2 Å². The van der Waals surface area contributed by atoms with Crippen LogP contribution in [0.5, 0.6) is 0 Å². The molecule has 2 aromatic carbocycles. The van der Waals surface area contributed by atoms with Crippen LogP contribution in [-0.4, -0.2) is 39.6 Å². The van der Waals surface area contributed by atoms with Crippen molar-refractivity contribution in [2.45, 2.75) is 25.0 Å². The van der Waals surface area contributed by atoms with Gasteiger partial charge in [0.1, 0.15) is 17.4 Å². The number of benzene rings is 2. The maximum absolute atomic E-state index is 13.7. The van der Waals surface area contributed by atoms with Crippen LogP contribution >= 0.6 is 0 Å². The predicted molar refractivity (Wildman–Crippen MR) is 105 cm³/mol. The molecule has 0 radical (unpaired) electrons. The summed E-state index contributed by atoms with van der Waals surface area (Å²) in [5, 5.41) is 14.3. The lowest BCUT2D eigenvalue weighted by atomic mass is 10.1. The molecule has 6 nitrogen and oxygen atoms in total. The summed E-state index contributed by atoms with van der Waals surface area (Å²) in [6.07, 6.45) is -11.3. The Hall–Kier alpha value is -3.74. The molecule has 0 bridgehead atoms. The lowest BCUT2D eigenvalue weighted by Gasteiger charge is -2.18. The number of alkyl halides is 6. The molecule has 0 fully saturated rings. The molecule has 0 aliphatic rings. The van der Waals surface area contributed by atoms with E-state index in [1.165, 1.54) is 17.4 Å². The third-order valence-electron chi connectivity index (χ3n) is 4.58. The quantitative estimate of drug-likeness (QED) is 0.518. The van der Waals surface area contributed by atoms with E-state index in [9.17, 15) is 40.3 Å². The number of hydrogen-bond donors (Lipinski definition) is 2. The number of aliphatic hydroxyl groups is 1. The van der Waals surface area contributed by atoms with Gasteiger partial charge in [0.2, 0.25) is 6.36 Å². The highest BCUT2D eigenvalue weighted by molar-refractivity contribution is 5.95. The number of nitrogens with zero attached hydrogens (tertiary/aromatic N) is 2. The zero-order valence-corrected chi connectivity index (χ0v) is 16.7. The van der Waals surface area contributed by atoms with Gasteiger partial charge in [0.15, 0.2) is 0 Å². The van der Waals surface area contributed by atoms with Crippen LogP contribution in [0.4, 0.5) is 30.7 Å². The first kappa shape index (κ1) is 24.9. The van der Waals surface area contributed by atoms with Gasteiger partial charge in [0.05, 0.1) is 16.9 Å². The second-order valence-electron chi connectivity index (χ2n) is 6.92. The number of aliphatic hydroxyl groups excluding tert-OH is 1. The van der Waals surface area contributed by atoms with Gasteiger partial charge in [0, 0.05) is 5.56 Å². The largest absolute Gasteiger partial charge is 0.416 e. The van der Waals surface area contributed by atoms with Crippen molar-refractivity contribution < 1.29 is 40.6 Å². The third-order valence-corrected chi connectivity index (χ3v) is 4.58. The third kappa shape index (κ3) is 5.42. The fourth-order valence-electron chi connectivity index (χ4n) is 2.89. The molecule has 3 aromatic rings. The summed E-state index contributed by atoms with van der Waals surface area (Å²) in [5.41, 5.74) is -3.53. The van der Waals surface area contributed by atoms with E-state index >= 15 is 0 Å². The Bertz CT molecular complexity index is 1230. The lowest BCUT2D eigenvalue weighted by molar-refractivity contribution is -0.137. The topological polar surface area (TPSA) is 84.2 Å². The summed E-state index contributed by atoms with van der Waals surface area (Å²) in [7, 11) is 0. The first-order chi connectivity index (χ1) is 15.9. The maximum atomic E-state index is 13.7. The van der Waals surface area contributed by atoms with E-state index in [-0.39, 0.29) is 16.9 Å². The van der Waals surface area contributed by atoms with Crippen molar-refractivity contribution >= 4 is 5.91 Å². The maximum Gasteiger partial charge on any atom is 0.416 e. The van der Waals surface area contributed by atoms with Gasteiger partial charge in [-0.25, -0.2) is 17.6 Å². The van der Waals surface area contributed by atoms with E-state index in [4.69, 9.17) is 5.11 Å².